The van der Waals surface area contributed by atoms with Gasteiger partial charge in [0.1, 0.15) is 6.10 Å². The number of rotatable bonds is 36. The zero-order valence-corrected chi connectivity index (χ0v) is 30.3. The van der Waals surface area contributed by atoms with Crippen molar-refractivity contribution >= 4 is 13.8 Å². The Hall–Kier alpha value is -0.760. The zero-order valence-electron chi connectivity index (χ0n) is 29.4. The van der Waals surface area contributed by atoms with Crippen LogP contribution in [0.1, 0.15) is 174 Å². The Kier molecular flexibility index (Phi) is 34.0. The smallest absolute Gasteiger partial charge is 0.457 e. The normalized spacial score (nSPS) is 13.8. The number of nitrogens with two attached hydrogens (primary N) is 1. The Bertz CT molecular complexity index is 707. The highest BCUT2D eigenvalue weighted by atomic mass is 31.2. The SMILES string of the molecule is CCCCCCCCC/C=C\CCCCCCCCCC(=O)OC(COCCCCCCCCCC)COP(=O)(O)OCCN. The molecule has 2 atom stereocenters. The van der Waals surface area contributed by atoms with Crippen LogP contribution in [0.2, 0.25) is 0 Å². The Morgan fingerprint density at radius 1 is 0.644 bits per heavy atom. The fraction of sp³-hybridized carbons (Fsp3) is 0.917. The van der Waals surface area contributed by atoms with Crippen LogP contribution in [0.3, 0.4) is 0 Å². The zero-order chi connectivity index (χ0) is 33.1. The van der Waals surface area contributed by atoms with Gasteiger partial charge in [0.25, 0.3) is 0 Å². The molecule has 0 aliphatic carbocycles. The van der Waals surface area contributed by atoms with E-state index in [9.17, 15) is 14.3 Å². The van der Waals surface area contributed by atoms with Crippen molar-refractivity contribution in [2.75, 3.05) is 33.0 Å². The van der Waals surface area contributed by atoms with E-state index < -0.39 is 13.9 Å². The average molecular weight is 662 g/mol. The topological polar surface area (TPSA) is 117 Å². The highest BCUT2D eigenvalue weighted by molar-refractivity contribution is 7.47. The van der Waals surface area contributed by atoms with E-state index in [1.807, 2.05) is 0 Å². The first-order valence-electron chi connectivity index (χ1n) is 18.7. The molecule has 8 nitrogen and oxygen atoms in total. The molecule has 9 heteroatoms. The summed E-state index contributed by atoms with van der Waals surface area (Å²) >= 11 is 0. The lowest BCUT2D eigenvalue weighted by atomic mass is 10.1. The van der Waals surface area contributed by atoms with Gasteiger partial charge in [-0.05, 0) is 38.5 Å². The van der Waals surface area contributed by atoms with Gasteiger partial charge in [0.15, 0.2) is 0 Å². The van der Waals surface area contributed by atoms with E-state index in [1.54, 1.807) is 0 Å². The molecule has 268 valence electrons. The van der Waals surface area contributed by atoms with Gasteiger partial charge >= 0.3 is 13.8 Å². The molecular formula is C36H72NO7P. The maximum Gasteiger partial charge on any atom is 0.472 e. The maximum absolute atomic E-state index is 12.5. The number of hydrogen-bond acceptors (Lipinski definition) is 7. The number of hydrogen-bond donors (Lipinski definition) is 2. The minimum atomic E-state index is -4.26. The quantitative estimate of drug-likeness (QED) is 0.0295. The van der Waals surface area contributed by atoms with Crippen LogP contribution in [-0.4, -0.2) is 49.9 Å². The minimum absolute atomic E-state index is 0.0937. The van der Waals surface area contributed by atoms with Gasteiger partial charge in [-0.3, -0.25) is 13.8 Å². The second-order valence-electron chi connectivity index (χ2n) is 12.4. The predicted octanol–water partition coefficient (Wildman–Crippen LogP) is 10.4. The molecule has 0 saturated heterocycles. The third-order valence-electron chi connectivity index (χ3n) is 7.93. The fourth-order valence-electron chi connectivity index (χ4n) is 5.17. The molecule has 45 heavy (non-hydrogen) atoms. The molecule has 2 unspecified atom stereocenters. The summed E-state index contributed by atoms with van der Waals surface area (Å²) < 4.78 is 33.2. The van der Waals surface area contributed by atoms with Crippen LogP contribution in [0.25, 0.3) is 0 Å². The Labute approximate surface area is 277 Å². The molecule has 0 aliphatic rings. The number of esters is 1. The van der Waals surface area contributed by atoms with Crippen LogP contribution in [0.5, 0.6) is 0 Å². The van der Waals surface area contributed by atoms with Crippen molar-refractivity contribution in [3.8, 4) is 0 Å². The van der Waals surface area contributed by atoms with E-state index in [2.05, 4.69) is 26.0 Å². The van der Waals surface area contributed by atoms with Crippen molar-refractivity contribution in [2.45, 2.75) is 180 Å². The molecule has 0 saturated carbocycles. The standard InChI is InChI=1S/C36H72NO7P/c1-3-5-7-9-11-13-14-15-16-17-18-19-20-21-22-23-25-27-29-36(38)44-35(34-43-45(39,40)42-32-30-37)33-41-31-28-26-24-12-10-8-6-4-2/h16-17,35H,3-15,18-34,37H2,1-2H3,(H,39,40)/b17-16-. The van der Waals surface area contributed by atoms with E-state index in [-0.39, 0.29) is 32.3 Å². The largest absolute Gasteiger partial charge is 0.472 e. The van der Waals surface area contributed by atoms with Crippen molar-refractivity contribution in [1.29, 1.82) is 0 Å². The number of phosphoric acid groups is 1. The van der Waals surface area contributed by atoms with Crippen LogP contribution in [0, 0.1) is 0 Å². The van der Waals surface area contributed by atoms with Gasteiger partial charge in [0.05, 0.1) is 19.8 Å². The van der Waals surface area contributed by atoms with Gasteiger partial charge in [-0.25, -0.2) is 4.57 Å². The van der Waals surface area contributed by atoms with Crippen LogP contribution in [0.15, 0.2) is 12.2 Å². The summed E-state index contributed by atoms with van der Waals surface area (Å²) in [5, 5.41) is 0. The number of allylic oxidation sites excluding steroid dienone is 2. The molecule has 3 N–H and O–H groups in total. The van der Waals surface area contributed by atoms with E-state index >= 15 is 0 Å². The summed E-state index contributed by atoms with van der Waals surface area (Å²) in [4.78, 5) is 22.3. The first kappa shape index (κ1) is 44.2. The summed E-state index contributed by atoms with van der Waals surface area (Å²) in [7, 11) is -4.26. The number of phosphoric ester groups is 1. The number of unbranched alkanes of at least 4 members (excludes halogenated alkanes) is 21. The highest BCUT2D eigenvalue weighted by Gasteiger charge is 2.25. The first-order valence-corrected chi connectivity index (χ1v) is 20.2. The number of ether oxygens (including phenoxy) is 2. The number of carbonyl (C=O) groups excluding carboxylic acids is 1. The third kappa shape index (κ3) is 34.4. The fourth-order valence-corrected chi connectivity index (χ4v) is 5.93. The molecule has 0 radical (unpaired) electrons. The summed E-state index contributed by atoms with van der Waals surface area (Å²) in [5.41, 5.74) is 5.34. The van der Waals surface area contributed by atoms with Gasteiger partial charge in [0.2, 0.25) is 0 Å². The molecule has 0 amide bonds. The molecular weight excluding hydrogens is 589 g/mol. The Morgan fingerprint density at radius 3 is 1.62 bits per heavy atom. The summed E-state index contributed by atoms with van der Waals surface area (Å²) in [6.45, 7) is 4.90. The predicted molar refractivity (Wildman–Crippen MR) is 187 cm³/mol. The molecule has 0 fully saturated rings. The van der Waals surface area contributed by atoms with Crippen molar-refractivity contribution < 1.29 is 32.8 Å². The molecule has 0 rings (SSSR count). The lowest BCUT2D eigenvalue weighted by Gasteiger charge is -2.20. The van der Waals surface area contributed by atoms with Crippen molar-refractivity contribution in [3.05, 3.63) is 12.2 Å². The summed E-state index contributed by atoms with van der Waals surface area (Å²) in [5.74, 6) is -0.335. The average Bonchev–Trinajstić information content (AvgIpc) is 3.02. The van der Waals surface area contributed by atoms with Gasteiger partial charge < -0.3 is 20.1 Å². The molecule has 0 spiro atoms. The maximum atomic E-state index is 12.5. The molecule has 0 heterocycles. The van der Waals surface area contributed by atoms with Gasteiger partial charge in [0, 0.05) is 19.6 Å². The molecule has 0 aliphatic heterocycles. The van der Waals surface area contributed by atoms with E-state index in [0.717, 1.165) is 32.1 Å². The van der Waals surface area contributed by atoms with Crippen molar-refractivity contribution in [3.63, 3.8) is 0 Å². The highest BCUT2D eigenvalue weighted by Crippen LogP contribution is 2.43. The number of carbonyl (C=O) groups is 1. The van der Waals surface area contributed by atoms with Crippen LogP contribution in [-0.2, 0) is 27.9 Å². The second-order valence-corrected chi connectivity index (χ2v) is 13.9. The van der Waals surface area contributed by atoms with Crippen LogP contribution >= 0.6 is 7.82 Å². The van der Waals surface area contributed by atoms with E-state index in [1.165, 1.54) is 122 Å². The van der Waals surface area contributed by atoms with Gasteiger partial charge in [-0.2, -0.15) is 0 Å². The second kappa shape index (κ2) is 34.6. The minimum Gasteiger partial charge on any atom is -0.457 e. The monoisotopic (exact) mass is 662 g/mol. The van der Waals surface area contributed by atoms with E-state index in [0.29, 0.717) is 13.0 Å². The molecule has 0 aromatic rings. The summed E-state index contributed by atoms with van der Waals surface area (Å²) in [6.07, 6.45) is 33.7. The van der Waals surface area contributed by atoms with Crippen LogP contribution in [0.4, 0.5) is 0 Å². The van der Waals surface area contributed by atoms with Crippen molar-refractivity contribution in [1.82, 2.24) is 0 Å². The lowest BCUT2D eigenvalue weighted by Crippen LogP contribution is -2.28. The Balaban J connectivity index is 4.01. The van der Waals surface area contributed by atoms with Gasteiger partial charge in [-0.15, -0.1) is 0 Å². The Morgan fingerprint density at radius 2 is 1.11 bits per heavy atom. The van der Waals surface area contributed by atoms with Crippen LogP contribution < -0.4 is 5.73 Å². The van der Waals surface area contributed by atoms with Gasteiger partial charge in [-0.1, -0.05) is 142 Å². The molecule has 0 bridgehead atoms. The first-order chi connectivity index (χ1) is 21.9. The van der Waals surface area contributed by atoms with Crippen molar-refractivity contribution in [2.24, 2.45) is 5.73 Å². The molecule has 0 aromatic carbocycles. The molecule has 0 aromatic heterocycles. The third-order valence-corrected chi connectivity index (χ3v) is 8.92. The summed E-state index contributed by atoms with van der Waals surface area (Å²) in [6, 6.07) is 0. The van der Waals surface area contributed by atoms with E-state index in [4.69, 9.17) is 24.3 Å². The lowest BCUT2D eigenvalue weighted by molar-refractivity contribution is -0.154.